The Hall–Kier alpha value is -1.71. The van der Waals surface area contributed by atoms with Crippen LogP contribution in [-0.2, 0) is 30.2 Å². The number of esters is 1. The van der Waals surface area contributed by atoms with E-state index in [0.717, 1.165) is 0 Å². The average Bonchev–Trinajstić information content (AvgIpc) is 2.79. The molecule has 0 unspecified atom stereocenters. The molecule has 0 bridgehead atoms. The van der Waals surface area contributed by atoms with Gasteiger partial charge in [0.25, 0.3) is 0 Å². The molecule has 10 atom stereocenters. The monoisotopic (exact) mass is 460 g/mol. The number of rotatable bonds is 7. The Balaban J connectivity index is 1.60. The summed E-state index contributed by atoms with van der Waals surface area (Å²) in [6.45, 7) is -1.16. The molecule has 12 heteroatoms. The maximum atomic E-state index is 12.1. The molecule has 180 valence electrons. The minimum absolute atomic E-state index is 0.0281. The van der Waals surface area contributed by atoms with Crippen molar-refractivity contribution in [2.75, 3.05) is 13.2 Å². The van der Waals surface area contributed by atoms with E-state index in [-0.39, 0.29) is 6.42 Å². The molecule has 2 aliphatic heterocycles. The SMILES string of the molecule is O=C(Cc1ccccc1)OC[C@H]1O[C@H](O[C@H]2O[C@H](CO)[C@@H](O)[C@H](O)[C@H]2O)[C@H](O)[C@@H](O)[C@@H]1O. The summed E-state index contributed by atoms with van der Waals surface area (Å²) >= 11 is 0. The van der Waals surface area contributed by atoms with Crippen LogP contribution in [0.4, 0.5) is 0 Å². The van der Waals surface area contributed by atoms with Crippen LogP contribution in [0.25, 0.3) is 0 Å². The summed E-state index contributed by atoms with van der Waals surface area (Å²) in [5.74, 6) is -0.612. The Morgan fingerprint density at radius 2 is 1.31 bits per heavy atom. The average molecular weight is 460 g/mol. The van der Waals surface area contributed by atoms with Crippen molar-refractivity contribution in [2.45, 2.75) is 67.8 Å². The molecular weight excluding hydrogens is 432 g/mol. The molecule has 2 saturated heterocycles. The number of carbonyl (C=O) groups is 1. The highest BCUT2D eigenvalue weighted by Crippen LogP contribution is 2.28. The van der Waals surface area contributed by atoms with Crippen molar-refractivity contribution in [1.29, 1.82) is 0 Å². The molecule has 32 heavy (non-hydrogen) atoms. The number of aliphatic hydroxyl groups is 7. The molecule has 0 amide bonds. The van der Waals surface area contributed by atoms with E-state index < -0.39 is 80.6 Å². The van der Waals surface area contributed by atoms with E-state index in [4.69, 9.17) is 18.9 Å². The van der Waals surface area contributed by atoms with Gasteiger partial charge in [0.2, 0.25) is 0 Å². The van der Waals surface area contributed by atoms with Gasteiger partial charge in [-0.15, -0.1) is 0 Å². The van der Waals surface area contributed by atoms with Crippen LogP contribution in [0.1, 0.15) is 5.56 Å². The normalized spacial score (nSPS) is 40.1. The fraction of sp³-hybridized carbons (Fsp3) is 0.650. The lowest BCUT2D eigenvalue weighted by Crippen LogP contribution is -2.63. The van der Waals surface area contributed by atoms with Crippen molar-refractivity contribution in [3.8, 4) is 0 Å². The Morgan fingerprint density at radius 1 is 0.781 bits per heavy atom. The van der Waals surface area contributed by atoms with Crippen LogP contribution >= 0.6 is 0 Å². The summed E-state index contributed by atoms with van der Waals surface area (Å²) < 4.78 is 21.0. The molecule has 0 aromatic heterocycles. The standard InChI is InChI=1S/C20H28O12/c21-7-10-13(23)15(25)17(27)19(30-10)32-20-18(28)16(26)14(24)11(31-20)8-29-12(22)6-9-4-2-1-3-5-9/h1-5,10-11,13-21,23-28H,6-8H2/t10-,11-,13-,14-,15+,16+,17-,18-,19-,20-/m1/s1. The third-order valence-corrected chi connectivity index (χ3v) is 5.39. The van der Waals surface area contributed by atoms with Gasteiger partial charge in [0.1, 0.15) is 55.4 Å². The van der Waals surface area contributed by atoms with Crippen LogP contribution < -0.4 is 0 Å². The quantitative estimate of drug-likeness (QED) is 0.198. The predicted octanol–water partition coefficient (Wildman–Crippen LogP) is -3.60. The van der Waals surface area contributed by atoms with Crippen LogP contribution in [0.2, 0.25) is 0 Å². The molecule has 0 saturated carbocycles. The summed E-state index contributed by atoms with van der Waals surface area (Å²) in [4.78, 5) is 12.1. The Morgan fingerprint density at radius 3 is 1.88 bits per heavy atom. The maximum Gasteiger partial charge on any atom is 0.310 e. The molecule has 1 aromatic carbocycles. The van der Waals surface area contributed by atoms with Crippen molar-refractivity contribution in [2.24, 2.45) is 0 Å². The number of hydrogen-bond donors (Lipinski definition) is 7. The van der Waals surface area contributed by atoms with Gasteiger partial charge in [0.05, 0.1) is 13.0 Å². The smallest absolute Gasteiger partial charge is 0.310 e. The first-order chi connectivity index (χ1) is 15.2. The van der Waals surface area contributed by atoms with Gasteiger partial charge >= 0.3 is 5.97 Å². The van der Waals surface area contributed by atoms with Gasteiger partial charge in [0.15, 0.2) is 12.6 Å². The summed E-state index contributed by atoms with van der Waals surface area (Å²) in [5.41, 5.74) is 0.710. The minimum Gasteiger partial charge on any atom is -0.463 e. The first-order valence-corrected chi connectivity index (χ1v) is 10.1. The summed E-state index contributed by atoms with van der Waals surface area (Å²) in [6, 6.07) is 8.78. The van der Waals surface area contributed by atoms with E-state index in [1.54, 1.807) is 30.3 Å². The molecule has 2 fully saturated rings. The number of aliphatic hydroxyl groups excluding tert-OH is 7. The first-order valence-electron chi connectivity index (χ1n) is 10.1. The van der Waals surface area contributed by atoms with E-state index in [9.17, 15) is 40.5 Å². The van der Waals surface area contributed by atoms with Crippen LogP contribution in [-0.4, -0.2) is 116 Å². The first kappa shape index (κ1) is 24.9. The molecule has 12 nitrogen and oxygen atoms in total. The van der Waals surface area contributed by atoms with Crippen molar-refractivity contribution < 1.29 is 59.5 Å². The predicted molar refractivity (Wildman–Crippen MR) is 103 cm³/mol. The minimum atomic E-state index is -1.78. The summed E-state index contributed by atoms with van der Waals surface area (Å²) in [5, 5.41) is 69.5. The molecule has 2 heterocycles. The number of hydrogen-bond acceptors (Lipinski definition) is 12. The topological polar surface area (TPSA) is 196 Å². The lowest BCUT2D eigenvalue weighted by molar-refractivity contribution is -0.376. The number of benzene rings is 1. The highest BCUT2D eigenvalue weighted by molar-refractivity contribution is 5.72. The van der Waals surface area contributed by atoms with E-state index in [1.807, 2.05) is 0 Å². The van der Waals surface area contributed by atoms with E-state index in [1.165, 1.54) is 0 Å². The van der Waals surface area contributed by atoms with Crippen molar-refractivity contribution >= 4 is 5.97 Å². The Labute approximate surface area is 183 Å². The fourth-order valence-corrected chi connectivity index (χ4v) is 3.47. The van der Waals surface area contributed by atoms with Crippen LogP contribution in [0.3, 0.4) is 0 Å². The van der Waals surface area contributed by atoms with Gasteiger partial charge in [-0.2, -0.15) is 0 Å². The zero-order chi connectivity index (χ0) is 23.4. The molecule has 2 aliphatic rings. The fourth-order valence-electron chi connectivity index (χ4n) is 3.47. The van der Waals surface area contributed by atoms with Gasteiger partial charge in [-0.1, -0.05) is 30.3 Å². The third kappa shape index (κ3) is 5.61. The van der Waals surface area contributed by atoms with Crippen LogP contribution in [0.15, 0.2) is 30.3 Å². The van der Waals surface area contributed by atoms with Gasteiger partial charge in [-0.25, -0.2) is 0 Å². The number of ether oxygens (including phenoxy) is 4. The second-order valence-corrected chi connectivity index (χ2v) is 7.69. The second kappa shape index (κ2) is 10.9. The highest BCUT2D eigenvalue weighted by atomic mass is 16.8. The Bertz CT molecular complexity index is 731. The second-order valence-electron chi connectivity index (χ2n) is 7.69. The van der Waals surface area contributed by atoms with Crippen molar-refractivity contribution in [3.63, 3.8) is 0 Å². The zero-order valence-corrected chi connectivity index (χ0v) is 17.0. The lowest BCUT2D eigenvalue weighted by Gasteiger charge is -2.44. The molecule has 1 aromatic rings. The van der Waals surface area contributed by atoms with Gasteiger partial charge in [0, 0.05) is 0 Å². The van der Waals surface area contributed by atoms with E-state index in [0.29, 0.717) is 5.56 Å². The highest BCUT2D eigenvalue weighted by Gasteiger charge is 2.49. The lowest BCUT2D eigenvalue weighted by atomic mass is 9.98. The van der Waals surface area contributed by atoms with Crippen molar-refractivity contribution in [1.82, 2.24) is 0 Å². The molecule has 0 aliphatic carbocycles. The molecule has 3 rings (SSSR count). The third-order valence-electron chi connectivity index (χ3n) is 5.39. The van der Waals surface area contributed by atoms with Gasteiger partial charge < -0.3 is 54.7 Å². The van der Waals surface area contributed by atoms with Crippen LogP contribution in [0, 0.1) is 0 Å². The van der Waals surface area contributed by atoms with E-state index in [2.05, 4.69) is 0 Å². The molecule has 0 radical (unpaired) electrons. The van der Waals surface area contributed by atoms with E-state index >= 15 is 0 Å². The molecule has 7 N–H and O–H groups in total. The Kier molecular flexibility index (Phi) is 8.52. The molecule has 0 spiro atoms. The number of carbonyl (C=O) groups excluding carboxylic acids is 1. The van der Waals surface area contributed by atoms with Crippen molar-refractivity contribution in [3.05, 3.63) is 35.9 Å². The van der Waals surface area contributed by atoms with Crippen LogP contribution in [0.5, 0.6) is 0 Å². The zero-order valence-electron chi connectivity index (χ0n) is 17.0. The summed E-state index contributed by atoms with van der Waals surface area (Å²) in [6.07, 6.45) is -16.1. The summed E-state index contributed by atoms with van der Waals surface area (Å²) in [7, 11) is 0. The van der Waals surface area contributed by atoms with Gasteiger partial charge in [-0.05, 0) is 5.56 Å². The van der Waals surface area contributed by atoms with Gasteiger partial charge in [-0.3, -0.25) is 4.79 Å². The molecular formula is C20H28O12. The largest absolute Gasteiger partial charge is 0.463 e. The maximum absolute atomic E-state index is 12.1.